The summed E-state index contributed by atoms with van der Waals surface area (Å²) in [5.74, 6) is 0.553. The lowest BCUT2D eigenvalue weighted by atomic mass is 10.0. The van der Waals surface area contributed by atoms with Crippen LogP contribution in [0.3, 0.4) is 0 Å². The van der Waals surface area contributed by atoms with Gasteiger partial charge in [-0.15, -0.1) is 0 Å². The molecule has 1 N–H and O–H groups in total. The number of hydrogen-bond acceptors (Lipinski definition) is 5. The summed E-state index contributed by atoms with van der Waals surface area (Å²) in [7, 11) is -5.37. The Morgan fingerprint density at radius 2 is 1.85 bits per heavy atom. The molecule has 26 heavy (non-hydrogen) atoms. The van der Waals surface area contributed by atoms with E-state index in [1.807, 2.05) is 0 Å². The molecule has 0 spiro atoms. The largest absolute Gasteiger partial charge is 0.501 e. The van der Waals surface area contributed by atoms with Crippen molar-refractivity contribution in [3.05, 3.63) is 24.3 Å². The Balaban J connectivity index is 1.62. The summed E-state index contributed by atoms with van der Waals surface area (Å²) in [6.45, 7) is 4.25. The molecule has 1 atom stereocenters. The van der Waals surface area contributed by atoms with E-state index in [1.54, 1.807) is 0 Å². The zero-order valence-electron chi connectivity index (χ0n) is 14.3. The fraction of sp³-hybridized carbons (Fsp3) is 0.647. The first-order valence-electron chi connectivity index (χ1n) is 8.74. The fourth-order valence-electron chi connectivity index (χ4n) is 3.52. The van der Waals surface area contributed by atoms with Crippen LogP contribution < -0.4 is 5.32 Å². The summed E-state index contributed by atoms with van der Waals surface area (Å²) in [5.41, 5.74) is -5.29. The molecule has 0 aromatic heterocycles. The summed E-state index contributed by atoms with van der Waals surface area (Å²) in [6, 6.07) is 5.18. The number of ether oxygens (including phenoxy) is 1. The van der Waals surface area contributed by atoms with E-state index in [0.717, 1.165) is 58.2 Å². The Bertz CT molecular complexity index is 710. The molecule has 0 bridgehead atoms. The van der Waals surface area contributed by atoms with Gasteiger partial charge in [-0.2, -0.15) is 13.2 Å². The second-order valence-electron chi connectivity index (χ2n) is 6.89. The normalized spacial score (nSPS) is 23.3. The molecule has 146 valence electrons. The Morgan fingerprint density at radius 3 is 2.46 bits per heavy atom. The van der Waals surface area contributed by atoms with Crippen LogP contribution in [-0.2, 0) is 14.6 Å². The summed E-state index contributed by atoms with van der Waals surface area (Å²) >= 11 is 0. The number of benzene rings is 1. The van der Waals surface area contributed by atoms with Gasteiger partial charge in [-0.1, -0.05) is 12.1 Å². The lowest BCUT2D eigenvalue weighted by Crippen LogP contribution is -2.41. The Morgan fingerprint density at radius 1 is 1.15 bits per heavy atom. The van der Waals surface area contributed by atoms with E-state index >= 15 is 0 Å². The minimum absolute atomic E-state index is 0.0208. The van der Waals surface area contributed by atoms with Gasteiger partial charge < -0.3 is 15.0 Å². The van der Waals surface area contributed by atoms with Crippen molar-refractivity contribution in [2.24, 2.45) is 5.92 Å². The number of hydrogen-bond donors (Lipinski definition) is 1. The van der Waals surface area contributed by atoms with Gasteiger partial charge in [0.15, 0.2) is 0 Å². The lowest BCUT2D eigenvalue weighted by Gasteiger charge is -2.34. The summed E-state index contributed by atoms with van der Waals surface area (Å²) in [4.78, 5) is 1.63. The van der Waals surface area contributed by atoms with E-state index in [0.29, 0.717) is 5.92 Å². The van der Waals surface area contributed by atoms with Crippen LogP contribution in [-0.4, -0.2) is 57.7 Å². The van der Waals surface area contributed by atoms with Crippen LogP contribution in [0.1, 0.15) is 19.3 Å². The lowest BCUT2D eigenvalue weighted by molar-refractivity contribution is -0.0435. The standard InChI is InChI=1S/C17H23F3N2O3S/c18-17(19,20)26(23,24)16-4-2-1-3-15(16)21-14-5-8-22(9-6-14)11-13-7-10-25-12-13/h1-4,13-14,21H,5-12H2. The predicted molar refractivity (Wildman–Crippen MR) is 91.7 cm³/mol. The first kappa shape index (κ1) is 19.4. The Hall–Kier alpha value is -1.32. The van der Waals surface area contributed by atoms with Crippen molar-refractivity contribution >= 4 is 15.5 Å². The van der Waals surface area contributed by atoms with Crippen LogP contribution in [0.5, 0.6) is 0 Å². The van der Waals surface area contributed by atoms with Gasteiger partial charge in [0.05, 0.1) is 17.2 Å². The van der Waals surface area contributed by atoms with Crippen molar-refractivity contribution in [2.75, 3.05) is 38.2 Å². The Labute approximate surface area is 151 Å². The molecule has 9 heteroatoms. The van der Waals surface area contributed by atoms with Gasteiger partial charge in [0.25, 0.3) is 9.84 Å². The second kappa shape index (κ2) is 7.74. The minimum atomic E-state index is -5.37. The van der Waals surface area contributed by atoms with E-state index in [4.69, 9.17) is 4.74 Å². The van der Waals surface area contributed by atoms with Gasteiger partial charge in [-0.05, 0) is 37.3 Å². The zero-order valence-corrected chi connectivity index (χ0v) is 15.2. The number of para-hydroxylation sites is 1. The molecule has 1 aromatic rings. The monoisotopic (exact) mass is 392 g/mol. The first-order valence-corrected chi connectivity index (χ1v) is 10.2. The van der Waals surface area contributed by atoms with Gasteiger partial charge in [0.2, 0.25) is 0 Å². The average molecular weight is 392 g/mol. The fourth-order valence-corrected chi connectivity index (χ4v) is 4.44. The van der Waals surface area contributed by atoms with E-state index in [-0.39, 0.29) is 11.7 Å². The van der Waals surface area contributed by atoms with Crippen LogP contribution in [0.2, 0.25) is 0 Å². The number of likely N-dealkylation sites (tertiary alicyclic amines) is 1. The summed E-state index contributed by atoms with van der Waals surface area (Å²) in [6.07, 6.45) is 2.59. The summed E-state index contributed by atoms with van der Waals surface area (Å²) in [5, 5.41) is 3.01. The molecule has 2 heterocycles. The third-order valence-corrected chi connectivity index (χ3v) is 6.51. The molecule has 0 radical (unpaired) electrons. The SMILES string of the molecule is O=S(=O)(c1ccccc1NC1CCN(CC2CCOC2)CC1)C(F)(F)F. The molecule has 2 aliphatic rings. The van der Waals surface area contributed by atoms with Crippen molar-refractivity contribution in [3.8, 4) is 0 Å². The number of alkyl halides is 3. The Kier molecular flexibility index (Phi) is 5.78. The molecule has 5 nitrogen and oxygen atoms in total. The molecule has 1 unspecified atom stereocenters. The minimum Gasteiger partial charge on any atom is -0.381 e. The van der Waals surface area contributed by atoms with Crippen LogP contribution in [0.15, 0.2) is 29.2 Å². The number of rotatable bonds is 5. The third-order valence-electron chi connectivity index (χ3n) is 4.97. The summed E-state index contributed by atoms with van der Waals surface area (Å²) < 4.78 is 67.6. The van der Waals surface area contributed by atoms with Crippen LogP contribution >= 0.6 is 0 Å². The number of piperidine rings is 1. The van der Waals surface area contributed by atoms with E-state index in [9.17, 15) is 21.6 Å². The van der Waals surface area contributed by atoms with Gasteiger partial charge >= 0.3 is 5.51 Å². The molecule has 1 aromatic carbocycles. The highest BCUT2D eigenvalue weighted by Crippen LogP contribution is 2.35. The smallest absolute Gasteiger partial charge is 0.381 e. The van der Waals surface area contributed by atoms with Gasteiger partial charge in [-0.25, -0.2) is 8.42 Å². The number of anilines is 1. The maximum atomic E-state index is 12.9. The first-order chi connectivity index (χ1) is 12.3. The maximum Gasteiger partial charge on any atom is 0.501 e. The number of halogens is 3. The third kappa shape index (κ3) is 4.32. The molecule has 2 saturated heterocycles. The highest BCUT2D eigenvalue weighted by atomic mass is 32.2. The molecule has 2 fully saturated rings. The predicted octanol–water partition coefficient (Wildman–Crippen LogP) is 2.89. The van der Waals surface area contributed by atoms with Crippen LogP contribution in [0.4, 0.5) is 18.9 Å². The molecular formula is C17H23F3N2O3S. The molecule has 2 aliphatic heterocycles. The number of nitrogens with one attached hydrogen (secondary N) is 1. The topological polar surface area (TPSA) is 58.6 Å². The van der Waals surface area contributed by atoms with E-state index < -0.39 is 20.2 Å². The molecule has 0 saturated carbocycles. The van der Waals surface area contributed by atoms with E-state index in [2.05, 4.69) is 10.2 Å². The maximum absolute atomic E-state index is 12.9. The average Bonchev–Trinajstić information content (AvgIpc) is 3.09. The quantitative estimate of drug-likeness (QED) is 0.835. The van der Waals surface area contributed by atoms with Crippen LogP contribution in [0, 0.1) is 5.92 Å². The van der Waals surface area contributed by atoms with Gasteiger partial charge in [0, 0.05) is 32.3 Å². The molecule has 3 rings (SSSR count). The van der Waals surface area contributed by atoms with Crippen molar-refractivity contribution in [2.45, 2.75) is 35.7 Å². The highest BCUT2D eigenvalue weighted by Gasteiger charge is 2.48. The van der Waals surface area contributed by atoms with Crippen molar-refractivity contribution < 1.29 is 26.3 Å². The van der Waals surface area contributed by atoms with Gasteiger partial charge in [0.1, 0.15) is 0 Å². The second-order valence-corrected chi connectivity index (χ2v) is 8.80. The van der Waals surface area contributed by atoms with Crippen molar-refractivity contribution in [1.82, 2.24) is 4.90 Å². The number of nitrogens with zero attached hydrogens (tertiary/aromatic N) is 1. The van der Waals surface area contributed by atoms with E-state index in [1.165, 1.54) is 18.2 Å². The van der Waals surface area contributed by atoms with Crippen LogP contribution in [0.25, 0.3) is 0 Å². The highest BCUT2D eigenvalue weighted by molar-refractivity contribution is 7.92. The van der Waals surface area contributed by atoms with Crippen molar-refractivity contribution in [3.63, 3.8) is 0 Å². The molecule has 0 amide bonds. The van der Waals surface area contributed by atoms with Crippen molar-refractivity contribution in [1.29, 1.82) is 0 Å². The molecule has 0 aliphatic carbocycles. The molecular weight excluding hydrogens is 369 g/mol. The zero-order chi connectivity index (χ0) is 18.8. The number of sulfone groups is 1. The van der Waals surface area contributed by atoms with Gasteiger partial charge in [-0.3, -0.25) is 0 Å².